The molecule has 5 heteroatoms. The highest BCUT2D eigenvalue weighted by atomic mass is 16.5. The van der Waals surface area contributed by atoms with Gasteiger partial charge in [-0.1, -0.05) is 12.1 Å². The molecule has 0 aliphatic carbocycles. The summed E-state index contributed by atoms with van der Waals surface area (Å²) in [6.07, 6.45) is 0.171. The third kappa shape index (κ3) is 2.23. The molecule has 0 bridgehead atoms. The molecule has 1 saturated heterocycles. The number of rotatable bonds is 3. The minimum Gasteiger partial charge on any atom is -0.495 e. The second-order valence-corrected chi connectivity index (χ2v) is 4.03. The van der Waals surface area contributed by atoms with E-state index in [1.165, 1.54) is 0 Å². The Labute approximate surface area is 106 Å². The average Bonchev–Trinajstić information content (AvgIpc) is 2.41. The Balaban J connectivity index is 2.34. The average molecular weight is 245 g/mol. The fraction of sp³-hybridized carbons (Fsp3) is 0.385. The number of carbonyl (C=O) groups excluding carboxylic acids is 1. The number of hydrogen-bond acceptors (Lipinski definition) is 4. The number of methoxy groups -OCH3 is 1. The first-order valence-electron chi connectivity index (χ1n) is 5.82. The smallest absolute Gasteiger partial charge is 0.243 e. The van der Waals surface area contributed by atoms with Crippen molar-refractivity contribution >= 4 is 11.6 Å². The monoisotopic (exact) mass is 245 g/mol. The van der Waals surface area contributed by atoms with Crippen LogP contribution in [0, 0.1) is 11.3 Å². The number of benzene rings is 1. The normalized spacial score (nSPS) is 19.0. The topological polar surface area (TPSA) is 65.4 Å². The zero-order valence-electron chi connectivity index (χ0n) is 10.2. The summed E-state index contributed by atoms with van der Waals surface area (Å²) >= 11 is 0. The lowest BCUT2D eigenvalue weighted by atomic mass is 10.1. The van der Waals surface area contributed by atoms with Gasteiger partial charge in [-0.25, -0.2) is 0 Å². The molecule has 2 rings (SSSR count). The summed E-state index contributed by atoms with van der Waals surface area (Å²) in [7, 11) is 1.60. The lowest BCUT2D eigenvalue weighted by Gasteiger charge is -2.36. The number of carbonyl (C=O) groups is 1. The maximum Gasteiger partial charge on any atom is 0.243 e. The Bertz CT molecular complexity index is 481. The molecule has 1 unspecified atom stereocenters. The van der Waals surface area contributed by atoms with Crippen LogP contribution in [0.3, 0.4) is 0 Å². The minimum absolute atomic E-state index is 0.103. The van der Waals surface area contributed by atoms with Gasteiger partial charge in [0.25, 0.3) is 0 Å². The molecule has 0 saturated carbocycles. The number of hydrogen-bond donors (Lipinski definition) is 1. The van der Waals surface area contributed by atoms with E-state index in [1.54, 1.807) is 7.11 Å². The Morgan fingerprint density at radius 1 is 1.56 bits per heavy atom. The molecule has 0 aromatic heterocycles. The zero-order valence-corrected chi connectivity index (χ0v) is 10.2. The van der Waals surface area contributed by atoms with Crippen molar-refractivity contribution in [3.63, 3.8) is 0 Å². The van der Waals surface area contributed by atoms with Crippen LogP contribution in [0.5, 0.6) is 5.75 Å². The molecule has 1 amide bonds. The fourth-order valence-electron chi connectivity index (χ4n) is 2.16. The molecule has 1 aliphatic rings. The van der Waals surface area contributed by atoms with Crippen molar-refractivity contribution in [1.29, 1.82) is 5.26 Å². The van der Waals surface area contributed by atoms with Gasteiger partial charge >= 0.3 is 0 Å². The Hall–Kier alpha value is -2.22. The second kappa shape index (κ2) is 5.41. The van der Waals surface area contributed by atoms with Gasteiger partial charge in [-0.15, -0.1) is 0 Å². The molecule has 1 aliphatic heterocycles. The van der Waals surface area contributed by atoms with Crippen molar-refractivity contribution in [2.24, 2.45) is 0 Å². The third-order valence-corrected chi connectivity index (χ3v) is 3.01. The predicted molar refractivity (Wildman–Crippen MR) is 67.4 cm³/mol. The first-order valence-corrected chi connectivity index (χ1v) is 5.82. The number of anilines is 1. The summed E-state index contributed by atoms with van der Waals surface area (Å²) < 4.78 is 5.30. The molecule has 1 fully saturated rings. The van der Waals surface area contributed by atoms with Crippen LogP contribution in [0.25, 0.3) is 0 Å². The number of nitriles is 1. The molecule has 1 N–H and O–H groups in total. The van der Waals surface area contributed by atoms with Crippen LogP contribution in [0.1, 0.15) is 6.42 Å². The molecule has 1 heterocycles. The quantitative estimate of drug-likeness (QED) is 0.859. The van der Waals surface area contributed by atoms with Gasteiger partial charge < -0.3 is 15.0 Å². The molecular formula is C13H15N3O2. The number of ether oxygens (including phenoxy) is 1. The molecule has 1 atom stereocenters. The number of amides is 1. The predicted octanol–water partition coefficient (Wildman–Crippen LogP) is 0.914. The van der Waals surface area contributed by atoms with Crippen LogP contribution in [-0.4, -0.2) is 32.1 Å². The van der Waals surface area contributed by atoms with Crippen LogP contribution >= 0.6 is 0 Å². The summed E-state index contributed by atoms with van der Waals surface area (Å²) in [6.45, 7) is 1.26. The second-order valence-electron chi connectivity index (χ2n) is 4.03. The largest absolute Gasteiger partial charge is 0.495 e. The third-order valence-electron chi connectivity index (χ3n) is 3.01. The lowest BCUT2D eigenvalue weighted by molar-refractivity contribution is -0.123. The van der Waals surface area contributed by atoms with Crippen molar-refractivity contribution in [2.45, 2.75) is 12.5 Å². The van der Waals surface area contributed by atoms with Crippen molar-refractivity contribution in [1.82, 2.24) is 5.32 Å². The summed E-state index contributed by atoms with van der Waals surface area (Å²) in [4.78, 5) is 13.8. The molecule has 1 aromatic carbocycles. The summed E-state index contributed by atoms with van der Waals surface area (Å²) in [5.74, 6) is 0.615. The Morgan fingerprint density at radius 3 is 3.06 bits per heavy atom. The highest BCUT2D eigenvalue weighted by Crippen LogP contribution is 2.30. The fourth-order valence-corrected chi connectivity index (χ4v) is 2.16. The Morgan fingerprint density at radius 2 is 2.33 bits per heavy atom. The first kappa shape index (κ1) is 12.2. The molecule has 18 heavy (non-hydrogen) atoms. The van der Waals surface area contributed by atoms with Crippen LogP contribution in [0.15, 0.2) is 24.3 Å². The van der Waals surface area contributed by atoms with Crippen LogP contribution < -0.4 is 15.0 Å². The highest BCUT2D eigenvalue weighted by molar-refractivity contribution is 5.87. The van der Waals surface area contributed by atoms with Crippen LogP contribution in [0.4, 0.5) is 5.69 Å². The van der Waals surface area contributed by atoms with Crippen LogP contribution in [-0.2, 0) is 4.79 Å². The first-order chi connectivity index (χ1) is 8.77. The van der Waals surface area contributed by atoms with Gasteiger partial charge in [0.05, 0.1) is 25.3 Å². The number of nitrogens with zero attached hydrogens (tertiary/aromatic N) is 2. The number of para-hydroxylation sites is 2. The standard InChI is InChI=1S/C13H15N3O2/c1-18-12-5-3-2-4-10(12)16-9-8-15-13(17)11(16)6-7-14/h2-5,11H,6,8-9H2,1H3,(H,15,17). The number of nitrogens with one attached hydrogen (secondary N) is 1. The highest BCUT2D eigenvalue weighted by Gasteiger charge is 2.30. The van der Waals surface area contributed by atoms with E-state index in [4.69, 9.17) is 10.00 Å². The van der Waals surface area contributed by atoms with Crippen LogP contribution in [0.2, 0.25) is 0 Å². The SMILES string of the molecule is COc1ccccc1N1CCNC(=O)C1CC#N. The molecule has 5 nitrogen and oxygen atoms in total. The van der Waals surface area contributed by atoms with E-state index in [9.17, 15) is 4.79 Å². The minimum atomic E-state index is -0.444. The maximum atomic E-state index is 11.8. The molecule has 0 spiro atoms. The van der Waals surface area contributed by atoms with E-state index in [0.29, 0.717) is 13.1 Å². The van der Waals surface area contributed by atoms with Gasteiger partial charge in [-0.05, 0) is 12.1 Å². The van der Waals surface area contributed by atoms with E-state index < -0.39 is 6.04 Å². The van der Waals surface area contributed by atoms with Gasteiger partial charge in [0.15, 0.2) is 0 Å². The zero-order chi connectivity index (χ0) is 13.0. The molecule has 0 radical (unpaired) electrons. The van der Waals surface area contributed by atoms with Crippen molar-refractivity contribution in [3.05, 3.63) is 24.3 Å². The maximum absolute atomic E-state index is 11.8. The van der Waals surface area contributed by atoms with Crippen molar-refractivity contribution < 1.29 is 9.53 Å². The van der Waals surface area contributed by atoms with Gasteiger partial charge in [-0.3, -0.25) is 4.79 Å². The Kier molecular flexibility index (Phi) is 3.68. The van der Waals surface area contributed by atoms with Gasteiger partial charge in [0.2, 0.25) is 5.91 Å². The van der Waals surface area contributed by atoms with E-state index in [1.807, 2.05) is 29.2 Å². The summed E-state index contributed by atoms with van der Waals surface area (Å²) in [5.41, 5.74) is 0.857. The summed E-state index contributed by atoms with van der Waals surface area (Å²) in [5, 5.41) is 11.6. The molecule has 94 valence electrons. The lowest BCUT2D eigenvalue weighted by Crippen LogP contribution is -2.55. The van der Waals surface area contributed by atoms with Gasteiger partial charge in [-0.2, -0.15) is 5.26 Å². The number of piperazine rings is 1. The molecular weight excluding hydrogens is 230 g/mol. The molecule has 1 aromatic rings. The van der Waals surface area contributed by atoms with E-state index >= 15 is 0 Å². The van der Waals surface area contributed by atoms with Gasteiger partial charge in [0, 0.05) is 13.1 Å². The van der Waals surface area contributed by atoms with E-state index in [0.717, 1.165) is 11.4 Å². The van der Waals surface area contributed by atoms with E-state index in [2.05, 4.69) is 11.4 Å². The van der Waals surface area contributed by atoms with Crippen molar-refractivity contribution in [3.8, 4) is 11.8 Å². The summed E-state index contributed by atoms with van der Waals surface area (Å²) in [6, 6.07) is 9.15. The van der Waals surface area contributed by atoms with Crippen molar-refractivity contribution in [2.75, 3.05) is 25.1 Å². The van der Waals surface area contributed by atoms with Gasteiger partial charge in [0.1, 0.15) is 11.8 Å². The van der Waals surface area contributed by atoms with E-state index in [-0.39, 0.29) is 12.3 Å².